The van der Waals surface area contributed by atoms with Crippen molar-refractivity contribution in [3.05, 3.63) is 119 Å². The van der Waals surface area contributed by atoms with E-state index in [2.05, 4.69) is 50.2 Å². The van der Waals surface area contributed by atoms with E-state index in [9.17, 15) is 19.8 Å². The second-order valence-electron chi connectivity index (χ2n) is 9.40. The Hall–Kier alpha value is -4.70. The Labute approximate surface area is 220 Å². The number of benzene rings is 6. The summed E-state index contributed by atoms with van der Waals surface area (Å²) in [6, 6.07) is 31.5. The highest BCUT2D eigenvalue weighted by molar-refractivity contribution is 6.10. The molecule has 0 aliphatic rings. The molecule has 0 aromatic heterocycles. The van der Waals surface area contributed by atoms with Crippen molar-refractivity contribution in [1.82, 2.24) is 0 Å². The molecule has 6 aromatic carbocycles. The topological polar surface area (TPSA) is 74.6 Å². The molecule has 0 atom stereocenters. The minimum atomic E-state index is -0.880. The van der Waals surface area contributed by atoms with Crippen molar-refractivity contribution in [2.45, 2.75) is 26.7 Å². The second kappa shape index (κ2) is 10.3. The van der Waals surface area contributed by atoms with Crippen molar-refractivity contribution in [2.24, 2.45) is 0 Å². The third kappa shape index (κ3) is 4.69. The summed E-state index contributed by atoms with van der Waals surface area (Å²) in [4.78, 5) is 22.6. The van der Waals surface area contributed by atoms with Gasteiger partial charge < -0.3 is 10.2 Å². The normalized spacial score (nSPS) is 11.0. The van der Waals surface area contributed by atoms with Gasteiger partial charge in [0.25, 0.3) is 0 Å². The lowest BCUT2D eigenvalue weighted by Crippen LogP contribution is -1.99. The Morgan fingerprint density at radius 2 is 1.13 bits per heavy atom. The highest BCUT2D eigenvalue weighted by Gasteiger charge is 2.12. The van der Waals surface area contributed by atoms with Gasteiger partial charge in [-0.05, 0) is 103 Å². The molecule has 0 aliphatic carbocycles. The molecule has 188 valence electrons. The molecule has 0 fully saturated rings. The zero-order chi connectivity index (χ0) is 26.8. The van der Waals surface area contributed by atoms with Crippen LogP contribution in [0.25, 0.3) is 43.1 Å². The Morgan fingerprint density at radius 1 is 0.526 bits per heavy atom. The van der Waals surface area contributed by atoms with Gasteiger partial charge in [-0.1, -0.05) is 74.5 Å². The summed E-state index contributed by atoms with van der Waals surface area (Å²) in [6.07, 6.45) is 1.90. The molecule has 4 heteroatoms. The lowest BCUT2D eigenvalue weighted by atomic mass is 9.95. The van der Waals surface area contributed by atoms with E-state index < -0.39 is 11.9 Å². The van der Waals surface area contributed by atoms with Crippen molar-refractivity contribution in [2.75, 3.05) is 0 Å². The quantitative estimate of drug-likeness (QED) is 0.238. The summed E-state index contributed by atoms with van der Waals surface area (Å²) in [7, 11) is 0. The Bertz CT molecular complexity index is 1850. The van der Waals surface area contributed by atoms with Crippen LogP contribution < -0.4 is 0 Å². The molecule has 0 amide bonds. The Kier molecular flexibility index (Phi) is 6.80. The first kappa shape index (κ1) is 25.0. The van der Waals surface area contributed by atoms with Gasteiger partial charge in [-0.15, -0.1) is 0 Å². The third-order valence-corrected chi connectivity index (χ3v) is 7.13. The van der Waals surface area contributed by atoms with Gasteiger partial charge in [0.15, 0.2) is 0 Å². The van der Waals surface area contributed by atoms with Crippen LogP contribution in [0.3, 0.4) is 0 Å². The summed E-state index contributed by atoms with van der Waals surface area (Å²) >= 11 is 0. The monoisotopic (exact) mass is 500 g/mol. The first-order chi connectivity index (χ1) is 18.4. The maximum absolute atomic E-state index is 11.4. The Balaban J connectivity index is 0.000000155. The number of fused-ring (bicyclic) bond motifs is 4. The highest BCUT2D eigenvalue weighted by atomic mass is 16.4. The van der Waals surface area contributed by atoms with E-state index in [-0.39, 0.29) is 0 Å². The van der Waals surface area contributed by atoms with E-state index in [1.165, 1.54) is 11.1 Å². The zero-order valence-electron chi connectivity index (χ0n) is 21.4. The van der Waals surface area contributed by atoms with Crippen molar-refractivity contribution in [3.63, 3.8) is 0 Å². The van der Waals surface area contributed by atoms with Crippen LogP contribution in [0.4, 0.5) is 0 Å². The van der Waals surface area contributed by atoms with E-state index >= 15 is 0 Å². The molecule has 0 saturated carbocycles. The standard InChI is InChI=1S/2C17H14O2/c1-2-11-6-7-12-10-16-13(9-14(12)8-11)4-3-5-15(16)17(18)19;1-2-11-7-8-14(17(18)19)16-10-13-6-4-3-5-12(13)9-15(11)16/h2*3-10H,2H2,1H3,(H,18,19). The van der Waals surface area contributed by atoms with Crippen LogP contribution in [0.5, 0.6) is 0 Å². The molecule has 0 saturated heterocycles. The maximum Gasteiger partial charge on any atom is 0.336 e. The van der Waals surface area contributed by atoms with Crippen LogP contribution in [0, 0.1) is 0 Å². The SMILES string of the molecule is CCc1ccc(C(=O)O)c2cc3ccccc3cc12.CCc1ccc2cc3c(C(=O)O)cccc3cc2c1. The van der Waals surface area contributed by atoms with Crippen molar-refractivity contribution in [1.29, 1.82) is 0 Å². The molecular weight excluding hydrogens is 472 g/mol. The van der Waals surface area contributed by atoms with Crippen LogP contribution in [-0.2, 0) is 12.8 Å². The van der Waals surface area contributed by atoms with Gasteiger partial charge in [0, 0.05) is 0 Å². The van der Waals surface area contributed by atoms with Gasteiger partial charge in [-0.25, -0.2) is 9.59 Å². The molecule has 6 rings (SSSR count). The van der Waals surface area contributed by atoms with Crippen LogP contribution in [0.1, 0.15) is 45.7 Å². The molecule has 0 bridgehead atoms. The number of carbonyl (C=O) groups is 2. The first-order valence-electron chi connectivity index (χ1n) is 12.8. The fraction of sp³-hybridized carbons (Fsp3) is 0.118. The largest absolute Gasteiger partial charge is 0.478 e. The third-order valence-electron chi connectivity index (χ3n) is 7.13. The smallest absolute Gasteiger partial charge is 0.336 e. The number of hydrogen-bond acceptors (Lipinski definition) is 2. The van der Waals surface area contributed by atoms with Crippen LogP contribution in [0.15, 0.2) is 97.1 Å². The minimum absolute atomic E-state index is 0.360. The number of carboxylic acid groups (broad SMARTS) is 2. The highest BCUT2D eigenvalue weighted by Crippen LogP contribution is 2.29. The van der Waals surface area contributed by atoms with Crippen LogP contribution >= 0.6 is 0 Å². The fourth-order valence-electron chi connectivity index (χ4n) is 5.07. The number of rotatable bonds is 4. The van der Waals surface area contributed by atoms with E-state index in [1.54, 1.807) is 18.2 Å². The Morgan fingerprint density at radius 3 is 1.79 bits per heavy atom. The van der Waals surface area contributed by atoms with Gasteiger partial charge >= 0.3 is 11.9 Å². The summed E-state index contributed by atoms with van der Waals surface area (Å²) < 4.78 is 0. The lowest BCUT2D eigenvalue weighted by molar-refractivity contribution is 0.0688. The van der Waals surface area contributed by atoms with Crippen molar-refractivity contribution >= 4 is 55.0 Å². The molecule has 4 nitrogen and oxygen atoms in total. The fourth-order valence-corrected chi connectivity index (χ4v) is 5.07. The molecule has 0 spiro atoms. The summed E-state index contributed by atoms with van der Waals surface area (Å²) in [5.41, 5.74) is 3.21. The van der Waals surface area contributed by atoms with Gasteiger partial charge in [-0.2, -0.15) is 0 Å². The van der Waals surface area contributed by atoms with E-state index in [0.29, 0.717) is 11.1 Å². The summed E-state index contributed by atoms with van der Waals surface area (Å²) in [5, 5.41) is 26.7. The van der Waals surface area contributed by atoms with Crippen LogP contribution in [0.2, 0.25) is 0 Å². The second-order valence-corrected chi connectivity index (χ2v) is 9.40. The molecule has 6 aromatic rings. The zero-order valence-corrected chi connectivity index (χ0v) is 21.4. The number of carboxylic acids is 2. The van der Waals surface area contributed by atoms with E-state index in [4.69, 9.17) is 0 Å². The summed E-state index contributed by atoms with van der Waals surface area (Å²) in [6.45, 7) is 4.22. The maximum atomic E-state index is 11.4. The van der Waals surface area contributed by atoms with Gasteiger partial charge in [-0.3, -0.25) is 0 Å². The van der Waals surface area contributed by atoms with Crippen molar-refractivity contribution in [3.8, 4) is 0 Å². The molecule has 2 N–H and O–H groups in total. The predicted molar refractivity (Wildman–Crippen MR) is 156 cm³/mol. The summed E-state index contributed by atoms with van der Waals surface area (Å²) in [5.74, 6) is -1.75. The number of aromatic carboxylic acids is 2. The van der Waals surface area contributed by atoms with E-state index in [0.717, 1.165) is 55.9 Å². The van der Waals surface area contributed by atoms with Crippen LogP contribution in [-0.4, -0.2) is 22.2 Å². The van der Waals surface area contributed by atoms with Gasteiger partial charge in [0.2, 0.25) is 0 Å². The molecule has 0 radical (unpaired) electrons. The molecule has 0 heterocycles. The average Bonchev–Trinajstić information content (AvgIpc) is 2.93. The average molecular weight is 501 g/mol. The predicted octanol–water partition coefficient (Wildman–Crippen LogP) is 8.51. The minimum Gasteiger partial charge on any atom is -0.478 e. The molecule has 0 unspecified atom stereocenters. The van der Waals surface area contributed by atoms with Gasteiger partial charge in [0.1, 0.15) is 0 Å². The molecule has 0 aliphatic heterocycles. The first-order valence-corrected chi connectivity index (χ1v) is 12.8. The number of aryl methyl sites for hydroxylation is 2. The number of hydrogen-bond donors (Lipinski definition) is 2. The van der Waals surface area contributed by atoms with Gasteiger partial charge in [0.05, 0.1) is 11.1 Å². The van der Waals surface area contributed by atoms with E-state index in [1.807, 2.05) is 42.5 Å². The molecular formula is C34H28O4. The molecule has 38 heavy (non-hydrogen) atoms. The lowest BCUT2D eigenvalue weighted by Gasteiger charge is -2.09. The van der Waals surface area contributed by atoms with Crippen molar-refractivity contribution < 1.29 is 19.8 Å².